The molecule has 7 heteroatoms. The Morgan fingerprint density at radius 3 is 2.39 bits per heavy atom. The number of rotatable bonds is 5. The standard InChI is InChI=1S/C16H21F3N2OS/c1-10(2)20-8-9-21-14(22)11(3)23-15(21)12-4-6-13(7-5-12)16(17,18)19/h4-7,10-11,15,20H,8-9H2,1-3H3/p+1/t11-,15+/m1/s1. The third-order valence-electron chi connectivity index (χ3n) is 3.78. The third-order valence-corrected chi connectivity index (χ3v) is 5.17. The van der Waals surface area contributed by atoms with Crippen molar-refractivity contribution in [1.82, 2.24) is 4.90 Å². The minimum absolute atomic E-state index is 0.0528. The van der Waals surface area contributed by atoms with Crippen LogP contribution in [0.1, 0.15) is 37.3 Å². The van der Waals surface area contributed by atoms with Gasteiger partial charge in [0.2, 0.25) is 5.91 Å². The Kier molecular flexibility index (Phi) is 5.62. The SMILES string of the molecule is CC(C)[NH2+]CCN1C(=O)[C@@H](C)S[C@H]1c1ccc(C(F)(F)F)cc1. The summed E-state index contributed by atoms with van der Waals surface area (Å²) in [7, 11) is 0. The van der Waals surface area contributed by atoms with Crippen LogP contribution in [0, 0.1) is 0 Å². The molecule has 0 unspecified atom stereocenters. The van der Waals surface area contributed by atoms with Crippen molar-refractivity contribution in [1.29, 1.82) is 0 Å². The lowest BCUT2D eigenvalue weighted by Gasteiger charge is -2.24. The first-order chi connectivity index (χ1) is 10.7. The smallest absolute Gasteiger partial charge is 0.343 e. The Labute approximate surface area is 138 Å². The minimum Gasteiger partial charge on any atom is -0.343 e. The molecule has 0 spiro atoms. The van der Waals surface area contributed by atoms with Crippen LogP contribution in [0.25, 0.3) is 0 Å². The van der Waals surface area contributed by atoms with Crippen molar-refractivity contribution >= 4 is 17.7 Å². The van der Waals surface area contributed by atoms with Crippen molar-refractivity contribution in [2.75, 3.05) is 13.1 Å². The van der Waals surface area contributed by atoms with E-state index in [9.17, 15) is 18.0 Å². The van der Waals surface area contributed by atoms with Gasteiger partial charge in [0.25, 0.3) is 0 Å². The average molecular weight is 347 g/mol. The van der Waals surface area contributed by atoms with Gasteiger partial charge in [0.1, 0.15) is 5.37 Å². The van der Waals surface area contributed by atoms with E-state index in [4.69, 9.17) is 0 Å². The van der Waals surface area contributed by atoms with Crippen LogP contribution in [0.4, 0.5) is 13.2 Å². The van der Waals surface area contributed by atoms with Crippen LogP contribution >= 0.6 is 11.8 Å². The second kappa shape index (κ2) is 7.13. The lowest BCUT2D eigenvalue weighted by atomic mass is 10.1. The molecule has 128 valence electrons. The molecule has 3 nitrogen and oxygen atoms in total. The van der Waals surface area contributed by atoms with Crippen LogP contribution < -0.4 is 5.32 Å². The predicted octanol–water partition coefficient (Wildman–Crippen LogP) is 2.64. The van der Waals surface area contributed by atoms with Gasteiger partial charge < -0.3 is 10.2 Å². The maximum Gasteiger partial charge on any atom is 0.416 e. The van der Waals surface area contributed by atoms with Crippen molar-refractivity contribution in [2.24, 2.45) is 0 Å². The number of nitrogens with two attached hydrogens (primary N) is 1. The molecule has 2 rings (SSSR count). The van der Waals surface area contributed by atoms with E-state index in [-0.39, 0.29) is 16.5 Å². The molecule has 0 aliphatic carbocycles. The number of thioether (sulfide) groups is 1. The monoisotopic (exact) mass is 347 g/mol. The van der Waals surface area contributed by atoms with Crippen molar-refractivity contribution in [2.45, 2.75) is 43.6 Å². The molecule has 23 heavy (non-hydrogen) atoms. The summed E-state index contributed by atoms with van der Waals surface area (Å²) < 4.78 is 38.0. The molecular formula is C16H22F3N2OS+. The van der Waals surface area contributed by atoms with Gasteiger partial charge in [0.15, 0.2) is 0 Å². The predicted molar refractivity (Wildman–Crippen MR) is 84.9 cm³/mol. The van der Waals surface area contributed by atoms with E-state index in [1.807, 2.05) is 6.92 Å². The summed E-state index contributed by atoms with van der Waals surface area (Å²) in [6.07, 6.45) is -4.34. The van der Waals surface area contributed by atoms with Crippen LogP contribution in [-0.2, 0) is 11.0 Å². The Morgan fingerprint density at radius 1 is 1.26 bits per heavy atom. The number of halogens is 3. The van der Waals surface area contributed by atoms with Crippen molar-refractivity contribution in [3.63, 3.8) is 0 Å². The van der Waals surface area contributed by atoms with Crippen molar-refractivity contribution in [3.8, 4) is 0 Å². The molecule has 1 aromatic carbocycles. The van der Waals surface area contributed by atoms with E-state index in [0.29, 0.717) is 12.6 Å². The zero-order valence-electron chi connectivity index (χ0n) is 13.4. The molecule has 2 atom stereocenters. The summed E-state index contributed by atoms with van der Waals surface area (Å²) >= 11 is 1.49. The van der Waals surface area contributed by atoms with Crippen molar-refractivity contribution in [3.05, 3.63) is 35.4 Å². The van der Waals surface area contributed by atoms with E-state index >= 15 is 0 Å². The van der Waals surface area contributed by atoms with Gasteiger partial charge in [0, 0.05) is 0 Å². The zero-order valence-corrected chi connectivity index (χ0v) is 14.2. The second-order valence-corrected chi connectivity index (χ2v) is 7.48. The summed E-state index contributed by atoms with van der Waals surface area (Å²) in [6, 6.07) is 5.57. The van der Waals surface area contributed by atoms with Gasteiger partial charge in [-0.2, -0.15) is 13.2 Å². The number of amides is 1. The molecule has 1 aliphatic rings. The second-order valence-electron chi connectivity index (χ2n) is 6.05. The van der Waals surface area contributed by atoms with Crippen LogP contribution in [0.3, 0.4) is 0 Å². The van der Waals surface area contributed by atoms with Gasteiger partial charge >= 0.3 is 6.18 Å². The Morgan fingerprint density at radius 2 is 1.87 bits per heavy atom. The molecule has 1 fully saturated rings. The molecule has 1 aromatic rings. The van der Waals surface area contributed by atoms with Gasteiger partial charge in [-0.15, -0.1) is 11.8 Å². The number of hydrogen-bond donors (Lipinski definition) is 1. The van der Waals surface area contributed by atoms with E-state index in [0.717, 1.165) is 24.2 Å². The first-order valence-electron chi connectivity index (χ1n) is 7.66. The quantitative estimate of drug-likeness (QED) is 0.889. The maximum absolute atomic E-state index is 12.7. The van der Waals surface area contributed by atoms with Gasteiger partial charge in [-0.05, 0) is 38.5 Å². The minimum atomic E-state index is -4.34. The number of benzene rings is 1. The Balaban J connectivity index is 2.13. The largest absolute Gasteiger partial charge is 0.416 e. The van der Waals surface area contributed by atoms with E-state index < -0.39 is 11.7 Å². The normalized spacial score (nSPS) is 22.2. The highest BCUT2D eigenvalue weighted by atomic mass is 32.2. The van der Waals surface area contributed by atoms with Crippen LogP contribution in [0.2, 0.25) is 0 Å². The molecule has 0 radical (unpaired) electrons. The summed E-state index contributed by atoms with van der Waals surface area (Å²) in [6.45, 7) is 7.39. The van der Waals surface area contributed by atoms with Gasteiger partial charge in [-0.25, -0.2) is 0 Å². The van der Waals surface area contributed by atoms with Crippen LogP contribution in [0.5, 0.6) is 0 Å². The van der Waals surface area contributed by atoms with Crippen LogP contribution in [0.15, 0.2) is 24.3 Å². The number of hydrogen-bond acceptors (Lipinski definition) is 2. The molecule has 1 aliphatic heterocycles. The van der Waals surface area contributed by atoms with E-state index in [2.05, 4.69) is 19.2 Å². The fourth-order valence-corrected chi connectivity index (χ4v) is 3.85. The third kappa shape index (κ3) is 4.41. The fraction of sp³-hybridized carbons (Fsp3) is 0.562. The lowest BCUT2D eigenvalue weighted by Crippen LogP contribution is -2.89. The highest BCUT2D eigenvalue weighted by Gasteiger charge is 2.39. The molecule has 0 saturated carbocycles. The topological polar surface area (TPSA) is 36.9 Å². The summed E-state index contributed by atoms with van der Waals surface area (Å²) in [5.41, 5.74) is 0.0774. The summed E-state index contributed by atoms with van der Waals surface area (Å²) in [5.74, 6) is 0.0528. The first kappa shape index (κ1) is 18.1. The Hall–Kier alpha value is -1.21. The summed E-state index contributed by atoms with van der Waals surface area (Å²) in [4.78, 5) is 14.1. The molecule has 0 bridgehead atoms. The molecule has 1 saturated heterocycles. The molecule has 0 aromatic heterocycles. The van der Waals surface area contributed by atoms with Crippen LogP contribution in [-0.4, -0.2) is 35.2 Å². The molecular weight excluding hydrogens is 325 g/mol. The van der Waals surface area contributed by atoms with Gasteiger partial charge in [-0.1, -0.05) is 12.1 Å². The van der Waals surface area contributed by atoms with Gasteiger partial charge in [-0.3, -0.25) is 4.79 Å². The zero-order chi connectivity index (χ0) is 17.2. The highest BCUT2D eigenvalue weighted by Crippen LogP contribution is 2.43. The summed E-state index contributed by atoms with van der Waals surface area (Å²) in [5, 5.41) is 1.77. The number of quaternary nitrogens is 1. The number of carbonyl (C=O) groups excluding carboxylic acids is 1. The number of nitrogens with zero attached hydrogens (tertiary/aromatic N) is 1. The number of alkyl halides is 3. The maximum atomic E-state index is 12.7. The fourth-order valence-electron chi connectivity index (χ4n) is 2.54. The lowest BCUT2D eigenvalue weighted by molar-refractivity contribution is -0.682. The van der Waals surface area contributed by atoms with Gasteiger partial charge in [0.05, 0.1) is 29.9 Å². The average Bonchev–Trinajstić information content (AvgIpc) is 2.74. The highest BCUT2D eigenvalue weighted by molar-refractivity contribution is 8.01. The first-order valence-corrected chi connectivity index (χ1v) is 8.61. The van der Waals surface area contributed by atoms with Crippen molar-refractivity contribution < 1.29 is 23.3 Å². The van der Waals surface area contributed by atoms with E-state index in [1.165, 1.54) is 23.9 Å². The van der Waals surface area contributed by atoms with E-state index in [1.54, 1.807) is 4.90 Å². The molecule has 1 heterocycles. The number of carbonyl (C=O) groups is 1. The molecule has 2 N–H and O–H groups in total. The molecule has 1 amide bonds. The Bertz CT molecular complexity index is 545.